The Morgan fingerprint density at radius 3 is 2.54 bits per heavy atom. The number of hydrogen-bond donors (Lipinski definition) is 1. The summed E-state index contributed by atoms with van der Waals surface area (Å²) in [4.78, 5) is 29.1. The lowest BCUT2D eigenvalue weighted by molar-refractivity contribution is -0.135. The van der Waals surface area contributed by atoms with E-state index >= 15 is 0 Å². The Morgan fingerprint density at radius 2 is 1.75 bits per heavy atom. The molecule has 5 nitrogen and oxygen atoms in total. The Balaban J connectivity index is 1.35. The predicted molar refractivity (Wildman–Crippen MR) is 105 cm³/mol. The van der Waals surface area contributed by atoms with Crippen LogP contribution in [0.4, 0.5) is 14.9 Å². The minimum atomic E-state index is -0.483. The largest absolute Gasteiger partial charge is 0.342 e. The summed E-state index contributed by atoms with van der Waals surface area (Å²) in [5, 5.41) is 2.62. The van der Waals surface area contributed by atoms with Gasteiger partial charge in [-0.05, 0) is 37.0 Å². The van der Waals surface area contributed by atoms with Crippen molar-refractivity contribution in [2.24, 2.45) is 5.41 Å². The van der Waals surface area contributed by atoms with Crippen molar-refractivity contribution in [1.29, 1.82) is 0 Å². The molecule has 0 bridgehead atoms. The van der Waals surface area contributed by atoms with E-state index in [4.69, 9.17) is 0 Å². The number of urea groups is 1. The van der Waals surface area contributed by atoms with Gasteiger partial charge in [0.05, 0.1) is 11.1 Å². The summed E-state index contributed by atoms with van der Waals surface area (Å²) in [5.74, 6) is -0.321. The zero-order valence-electron chi connectivity index (χ0n) is 15.7. The number of para-hydroxylation sites is 1. The summed E-state index contributed by atoms with van der Waals surface area (Å²) in [7, 11) is 0. The van der Waals surface area contributed by atoms with E-state index in [1.54, 1.807) is 17.0 Å². The highest BCUT2D eigenvalue weighted by Crippen LogP contribution is 2.40. The number of anilines is 1. The standard InChI is InChI=1S/C22H24FN3O2/c23-18-8-4-5-9-19(18)24-21(28)26-15-12-22(16-26)11-14-25(20(22)27)13-10-17-6-2-1-3-7-17/h1-9H,10-16H2,(H,24,28). The number of carbonyl (C=O) groups excluding carboxylic acids is 2. The molecule has 2 aliphatic heterocycles. The number of hydrogen-bond acceptors (Lipinski definition) is 2. The van der Waals surface area contributed by atoms with Gasteiger partial charge in [-0.15, -0.1) is 0 Å². The van der Waals surface area contributed by atoms with Crippen LogP contribution in [0.25, 0.3) is 0 Å². The molecule has 1 atom stereocenters. The Bertz CT molecular complexity index is 873. The summed E-state index contributed by atoms with van der Waals surface area (Å²) in [6.45, 7) is 2.34. The number of rotatable bonds is 4. The zero-order valence-corrected chi connectivity index (χ0v) is 15.7. The molecule has 28 heavy (non-hydrogen) atoms. The zero-order chi connectivity index (χ0) is 19.6. The molecule has 2 saturated heterocycles. The van der Waals surface area contributed by atoms with Gasteiger partial charge in [-0.25, -0.2) is 9.18 Å². The molecule has 146 valence electrons. The molecular formula is C22H24FN3O2. The van der Waals surface area contributed by atoms with E-state index in [-0.39, 0.29) is 17.6 Å². The third-order valence-electron chi connectivity index (χ3n) is 5.87. The molecule has 0 aromatic heterocycles. The van der Waals surface area contributed by atoms with Gasteiger partial charge in [-0.1, -0.05) is 42.5 Å². The molecule has 1 unspecified atom stereocenters. The fraction of sp³-hybridized carbons (Fsp3) is 0.364. The van der Waals surface area contributed by atoms with E-state index in [1.807, 2.05) is 23.1 Å². The van der Waals surface area contributed by atoms with Crippen LogP contribution in [0.1, 0.15) is 18.4 Å². The molecular weight excluding hydrogens is 357 g/mol. The van der Waals surface area contributed by atoms with Crippen molar-refractivity contribution in [3.8, 4) is 0 Å². The van der Waals surface area contributed by atoms with Gasteiger partial charge in [0.1, 0.15) is 5.82 Å². The van der Waals surface area contributed by atoms with Crippen molar-refractivity contribution in [1.82, 2.24) is 9.80 Å². The van der Waals surface area contributed by atoms with Crippen molar-refractivity contribution in [3.63, 3.8) is 0 Å². The lowest BCUT2D eigenvalue weighted by Gasteiger charge is -2.24. The van der Waals surface area contributed by atoms with Crippen LogP contribution in [0.3, 0.4) is 0 Å². The average molecular weight is 381 g/mol. The molecule has 6 heteroatoms. The molecule has 0 saturated carbocycles. The third kappa shape index (κ3) is 3.59. The minimum absolute atomic E-state index is 0.143. The first-order valence-corrected chi connectivity index (χ1v) is 9.71. The molecule has 2 aliphatic rings. The highest BCUT2D eigenvalue weighted by Gasteiger charge is 2.51. The summed E-state index contributed by atoms with van der Waals surface area (Å²) < 4.78 is 13.8. The molecule has 1 N–H and O–H groups in total. The average Bonchev–Trinajstić information content (AvgIpc) is 3.28. The van der Waals surface area contributed by atoms with Gasteiger partial charge in [0, 0.05) is 26.2 Å². The number of nitrogens with zero attached hydrogens (tertiary/aromatic N) is 2. The summed E-state index contributed by atoms with van der Waals surface area (Å²) >= 11 is 0. The van der Waals surface area contributed by atoms with Crippen LogP contribution in [0, 0.1) is 11.2 Å². The number of likely N-dealkylation sites (tertiary alicyclic amines) is 2. The highest BCUT2D eigenvalue weighted by molar-refractivity contribution is 5.92. The van der Waals surface area contributed by atoms with Gasteiger partial charge in [0.2, 0.25) is 5.91 Å². The maximum atomic E-state index is 13.8. The van der Waals surface area contributed by atoms with Crippen LogP contribution < -0.4 is 5.32 Å². The van der Waals surface area contributed by atoms with Crippen molar-refractivity contribution in [2.75, 3.05) is 31.5 Å². The molecule has 2 heterocycles. The topological polar surface area (TPSA) is 52.7 Å². The third-order valence-corrected chi connectivity index (χ3v) is 5.87. The van der Waals surface area contributed by atoms with Gasteiger partial charge in [0.25, 0.3) is 0 Å². The van der Waals surface area contributed by atoms with E-state index in [1.165, 1.54) is 17.7 Å². The van der Waals surface area contributed by atoms with Crippen molar-refractivity contribution < 1.29 is 14.0 Å². The SMILES string of the molecule is O=C(Nc1ccccc1F)N1CCC2(CCN(CCc3ccccc3)C2=O)C1. The van der Waals surface area contributed by atoms with Crippen molar-refractivity contribution >= 4 is 17.6 Å². The van der Waals surface area contributed by atoms with E-state index in [2.05, 4.69) is 17.4 Å². The lowest BCUT2D eigenvalue weighted by Crippen LogP contribution is -2.40. The van der Waals surface area contributed by atoms with E-state index < -0.39 is 11.2 Å². The number of benzene rings is 2. The molecule has 1 spiro atoms. The van der Waals surface area contributed by atoms with Crippen LogP contribution in [0.2, 0.25) is 0 Å². The first-order valence-electron chi connectivity index (χ1n) is 9.71. The van der Waals surface area contributed by atoms with Crippen LogP contribution in [0.5, 0.6) is 0 Å². The molecule has 3 amide bonds. The molecule has 0 radical (unpaired) electrons. The van der Waals surface area contributed by atoms with Crippen molar-refractivity contribution in [2.45, 2.75) is 19.3 Å². The second-order valence-corrected chi connectivity index (χ2v) is 7.64. The van der Waals surface area contributed by atoms with E-state index in [9.17, 15) is 14.0 Å². The van der Waals surface area contributed by atoms with Gasteiger partial charge < -0.3 is 15.1 Å². The lowest BCUT2D eigenvalue weighted by atomic mass is 9.85. The Hall–Kier alpha value is -2.89. The maximum Gasteiger partial charge on any atom is 0.321 e. The summed E-state index contributed by atoms with van der Waals surface area (Å²) in [6.07, 6.45) is 2.27. The smallest absolute Gasteiger partial charge is 0.321 e. The van der Waals surface area contributed by atoms with Crippen LogP contribution in [-0.4, -0.2) is 47.9 Å². The number of halogens is 1. The van der Waals surface area contributed by atoms with Gasteiger partial charge in [-0.3, -0.25) is 4.79 Å². The van der Waals surface area contributed by atoms with Crippen LogP contribution in [-0.2, 0) is 11.2 Å². The van der Waals surface area contributed by atoms with E-state index in [0.717, 1.165) is 19.4 Å². The predicted octanol–water partition coefficient (Wildman–Crippen LogP) is 3.52. The number of nitrogens with one attached hydrogen (secondary N) is 1. The number of carbonyl (C=O) groups is 2. The van der Waals surface area contributed by atoms with Gasteiger partial charge in [0.15, 0.2) is 0 Å². The van der Waals surface area contributed by atoms with Crippen LogP contribution >= 0.6 is 0 Å². The Kier molecular flexibility index (Phi) is 5.03. The molecule has 4 rings (SSSR count). The van der Waals surface area contributed by atoms with Gasteiger partial charge in [-0.2, -0.15) is 0 Å². The second kappa shape index (κ2) is 7.62. The molecule has 2 aromatic carbocycles. The fourth-order valence-corrected chi connectivity index (χ4v) is 4.20. The summed E-state index contributed by atoms with van der Waals surface area (Å²) in [6, 6.07) is 15.9. The first kappa shape index (κ1) is 18.5. The van der Waals surface area contributed by atoms with Crippen LogP contribution in [0.15, 0.2) is 54.6 Å². The summed E-state index contributed by atoms with van der Waals surface area (Å²) in [5.41, 5.74) is 0.896. The van der Waals surface area contributed by atoms with E-state index in [0.29, 0.717) is 26.1 Å². The normalized spacial score (nSPS) is 21.5. The fourth-order valence-electron chi connectivity index (χ4n) is 4.20. The minimum Gasteiger partial charge on any atom is -0.342 e. The Labute approximate surface area is 164 Å². The molecule has 0 aliphatic carbocycles. The van der Waals surface area contributed by atoms with Crippen molar-refractivity contribution in [3.05, 3.63) is 66.0 Å². The van der Waals surface area contributed by atoms with Gasteiger partial charge >= 0.3 is 6.03 Å². The maximum absolute atomic E-state index is 13.8. The quantitative estimate of drug-likeness (QED) is 0.881. The number of amides is 3. The monoisotopic (exact) mass is 381 g/mol. The highest BCUT2D eigenvalue weighted by atomic mass is 19.1. The second-order valence-electron chi connectivity index (χ2n) is 7.64. The first-order chi connectivity index (χ1) is 13.6. The Morgan fingerprint density at radius 1 is 1.04 bits per heavy atom. The molecule has 2 fully saturated rings. The molecule has 2 aromatic rings.